The minimum atomic E-state index is -0.651. The molecule has 0 bridgehead atoms. The molecule has 8 nitrogen and oxygen atoms in total. The number of benzene rings is 2. The maximum atomic E-state index is 13.3. The lowest BCUT2D eigenvalue weighted by atomic mass is 9.78. The lowest BCUT2D eigenvalue weighted by Crippen LogP contribution is -2.37. The Kier molecular flexibility index (Phi) is 6.74. The van der Waals surface area contributed by atoms with Gasteiger partial charge in [-0.05, 0) is 54.8 Å². The molecule has 1 aromatic heterocycles. The number of hydrogen-bond donors (Lipinski definition) is 2. The van der Waals surface area contributed by atoms with E-state index in [1.54, 1.807) is 12.1 Å². The SMILES string of the molecule is O=C(Nc1ccc(N2CCOCC2)cc1)c1ncc(NC(=O)C2(c3ccc(Cl)cc3)CCCC2)o1. The van der Waals surface area contributed by atoms with Gasteiger partial charge in [-0.2, -0.15) is 0 Å². The predicted molar refractivity (Wildman–Crippen MR) is 134 cm³/mol. The smallest absolute Gasteiger partial charge is 0.311 e. The van der Waals surface area contributed by atoms with Gasteiger partial charge >= 0.3 is 5.91 Å². The second-order valence-electron chi connectivity index (χ2n) is 8.88. The average Bonchev–Trinajstić information content (AvgIpc) is 3.57. The third kappa shape index (κ3) is 5.04. The van der Waals surface area contributed by atoms with E-state index in [0.717, 1.165) is 50.0 Å². The van der Waals surface area contributed by atoms with Gasteiger partial charge in [0.05, 0.1) is 24.8 Å². The van der Waals surface area contributed by atoms with Crippen LogP contribution in [0.25, 0.3) is 0 Å². The molecular weight excluding hydrogens is 468 g/mol. The fraction of sp³-hybridized carbons (Fsp3) is 0.346. The lowest BCUT2D eigenvalue weighted by Gasteiger charge is -2.28. The zero-order chi connectivity index (χ0) is 24.3. The molecule has 1 aliphatic heterocycles. The summed E-state index contributed by atoms with van der Waals surface area (Å²) in [4.78, 5) is 32.3. The molecule has 1 saturated carbocycles. The number of hydrogen-bond acceptors (Lipinski definition) is 6. The third-order valence-corrected chi connectivity index (χ3v) is 6.98. The Morgan fingerprint density at radius 3 is 2.31 bits per heavy atom. The minimum absolute atomic E-state index is 0.121. The summed E-state index contributed by atoms with van der Waals surface area (Å²) < 4.78 is 11.0. The van der Waals surface area contributed by atoms with Crippen molar-refractivity contribution in [3.05, 3.63) is 71.2 Å². The van der Waals surface area contributed by atoms with Crippen LogP contribution >= 0.6 is 11.6 Å². The fourth-order valence-corrected chi connectivity index (χ4v) is 4.95. The van der Waals surface area contributed by atoms with E-state index < -0.39 is 11.3 Å². The molecular formula is C26H27ClN4O4. The number of nitrogens with one attached hydrogen (secondary N) is 2. The molecule has 1 saturated heterocycles. The normalized spacial score (nSPS) is 17.2. The van der Waals surface area contributed by atoms with Gasteiger partial charge in [0, 0.05) is 29.5 Å². The van der Waals surface area contributed by atoms with E-state index in [9.17, 15) is 9.59 Å². The molecule has 0 atom stereocenters. The molecule has 35 heavy (non-hydrogen) atoms. The van der Waals surface area contributed by atoms with Crippen LogP contribution in [0.15, 0.2) is 59.1 Å². The van der Waals surface area contributed by atoms with E-state index in [0.29, 0.717) is 23.9 Å². The molecule has 0 unspecified atom stereocenters. The number of oxazole rings is 1. The lowest BCUT2D eigenvalue weighted by molar-refractivity contribution is -0.121. The number of carbonyl (C=O) groups excluding carboxylic acids is 2. The molecule has 0 spiro atoms. The number of morpholine rings is 1. The average molecular weight is 495 g/mol. The van der Waals surface area contributed by atoms with Gasteiger partial charge in [0.1, 0.15) is 0 Å². The minimum Gasteiger partial charge on any atom is -0.416 e. The zero-order valence-electron chi connectivity index (χ0n) is 19.3. The van der Waals surface area contributed by atoms with Crippen LogP contribution in [0, 0.1) is 0 Å². The predicted octanol–water partition coefficient (Wildman–Crippen LogP) is 4.87. The number of aromatic nitrogens is 1. The van der Waals surface area contributed by atoms with Crippen LogP contribution < -0.4 is 15.5 Å². The highest BCUT2D eigenvalue weighted by molar-refractivity contribution is 6.30. The van der Waals surface area contributed by atoms with E-state index in [2.05, 4.69) is 20.5 Å². The van der Waals surface area contributed by atoms with Crippen molar-refractivity contribution < 1.29 is 18.7 Å². The first-order valence-electron chi connectivity index (χ1n) is 11.8. The fourth-order valence-electron chi connectivity index (χ4n) is 4.82. The summed E-state index contributed by atoms with van der Waals surface area (Å²) in [6.07, 6.45) is 4.76. The molecule has 3 aromatic rings. The van der Waals surface area contributed by atoms with Crippen molar-refractivity contribution in [2.24, 2.45) is 0 Å². The van der Waals surface area contributed by atoms with E-state index >= 15 is 0 Å². The molecule has 2 fully saturated rings. The van der Waals surface area contributed by atoms with Crippen molar-refractivity contribution in [3.8, 4) is 0 Å². The largest absolute Gasteiger partial charge is 0.416 e. The molecule has 1 aliphatic carbocycles. The van der Waals surface area contributed by atoms with Crippen LogP contribution in [-0.4, -0.2) is 43.1 Å². The Balaban J connectivity index is 1.23. The molecule has 2 aliphatic rings. The summed E-state index contributed by atoms with van der Waals surface area (Å²) in [7, 11) is 0. The van der Waals surface area contributed by atoms with Crippen LogP contribution in [-0.2, 0) is 14.9 Å². The highest BCUT2D eigenvalue weighted by atomic mass is 35.5. The van der Waals surface area contributed by atoms with Gasteiger partial charge < -0.3 is 19.4 Å². The topological polar surface area (TPSA) is 96.7 Å². The van der Waals surface area contributed by atoms with Crippen molar-refractivity contribution in [2.45, 2.75) is 31.1 Å². The summed E-state index contributed by atoms with van der Waals surface area (Å²) in [6, 6.07) is 15.0. The van der Waals surface area contributed by atoms with Crippen LogP contribution in [0.2, 0.25) is 5.02 Å². The summed E-state index contributed by atoms with van der Waals surface area (Å²) in [6.45, 7) is 3.11. The summed E-state index contributed by atoms with van der Waals surface area (Å²) >= 11 is 6.04. The van der Waals surface area contributed by atoms with Gasteiger partial charge in [-0.1, -0.05) is 36.6 Å². The highest BCUT2D eigenvalue weighted by Gasteiger charge is 2.43. The van der Waals surface area contributed by atoms with Crippen LogP contribution in [0.4, 0.5) is 17.3 Å². The van der Waals surface area contributed by atoms with Crippen molar-refractivity contribution in [2.75, 3.05) is 41.8 Å². The van der Waals surface area contributed by atoms with Gasteiger partial charge in [-0.15, -0.1) is 0 Å². The Hall–Kier alpha value is -3.36. The van der Waals surface area contributed by atoms with Crippen LogP contribution in [0.3, 0.4) is 0 Å². The van der Waals surface area contributed by atoms with Gasteiger partial charge in [0.15, 0.2) is 0 Å². The zero-order valence-corrected chi connectivity index (χ0v) is 20.0. The molecule has 9 heteroatoms. The van der Waals surface area contributed by atoms with Crippen LogP contribution in [0.1, 0.15) is 41.9 Å². The summed E-state index contributed by atoms with van der Waals surface area (Å²) in [5.74, 6) is -0.635. The Bertz CT molecular complexity index is 1180. The second kappa shape index (κ2) is 10.1. The first-order chi connectivity index (χ1) is 17.0. The van der Waals surface area contributed by atoms with Crippen molar-refractivity contribution in [1.82, 2.24) is 4.98 Å². The number of halogens is 1. The first kappa shape index (κ1) is 23.4. The van der Waals surface area contributed by atoms with Crippen molar-refractivity contribution >= 4 is 40.7 Å². The van der Waals surface area contributed by atoms with E-state index in [1.165, 1.54) is 6.20 Å². The highest BCUT2D eigenvalue weighted by Crippen LogP contribution is 2.42. The van der Waals surface area contributed by atoms with E-state index in [1.807, 2.05) is 36.4 Å². The molecule has 2 heterocycles. The quantitative estimate of drug-likeness (QED) is 0.507. The number of ether oxygens (including phenoxy) is 1. The number of rotatable bonds is 6. The van der Waals surface area contributed by atoms with Crippen molar-refractivity contribution in [3.63, 3.8) is 0 Å². The Morgan fingerprint density at radius 2 is 1.63 bits per heavy atom. The van der Waals surface area contributed by atoms with Gasteiger partial charge in [-0.3, -0.25) is 14.9 Å². The standard InChI is InChI=1S/C26H27ClN4O4/c27-19-5-3-18(4-6-19)26(11-1-2-12-26)25(33)30-22-17-28-24(35-22)23(32)29-20-7-9-21(10-8-20)31-13-15-34-16-14-31/h3-10,17H,1-2,11-16H2,(H,29,32)(H,30,33). The Morgan fingerprint density at radius 1 is 0.943 bits per heavy atom. The third-order valence-electron chi connectivity index (χ3n) is 6.73. The molecule has 0 radical (unpaired) electrons. The summed E-state index contributed by atoms with van der Waals surface area (Å²) in [5.41, 5.74) is 1.98. The number of nitrogens with zero attached hydrogens (tertiary/aromatic N) is 2. The second-order valence-corrected chi connectivity index (χ2v) is 9.32. The number of carbonyl (C=O) groups is 2. The first-order valence-corrected chi connectivity index (χ1v) is 12.2. The van der Waals surface area contributed by atoms with Gasteiger partial charge in [-0.25, -0.2) is 4.98 Å². The molecule has 2 N–H and O–H groups in total. The molecule has 5 rings (SSSR count). The monoisotopic (exact) mass is 494 g/mol. The molecule has 2 amide bonds. The van der Waals surface area contributed by atoms with E-state index in [4.69, 9.17) is 20.8 Å². The maximum Gasteiger partial charge on any atom is 0.311 e. The molecule has 182 valence electrons. The van der Waals surface area contributed by atoms with Crippen molar-refractivity contribution in [1.29, 1.82) is 0 Å². The van der Waals surface area contributed by atoms with Gasteiger partial charge in [0.25, 0.3) is 5.89 Å². The maximum absolute atomic E-state index is 13.3. The van der Waals surface area contributed by atoms with Crippen LogP contribution in [0.5, 0.6) is 0 Å². The van der Waals surface area contributed by atoms with Gasteiger partial charge in [0.2, 0.25) is 11.8 Å². The summed E-state index contributed by atoms with van der Waals surface area (Å²) in [5, 5.41) is 6.24. The Labute approximate surface area is 208 Å². The van der Waals surface area contributed by atoms with E-state index in [-0.39, 0.29) is 17.7 Å². The number of anilines is 3. The number of amides is 2. The molecule has 2 aromatic carbocycles.